The van der Waals surface area contributed by atoms with Crippen molar-refractivity contribution in [3.8, 4) is 0 Å². The predicted molar refractivity (Wildman–Crippen MR) is 100 cm³/mol. The van der Waals surface area contributed by atoms with Gasteiger partial charge in [-0.2, -0.15) is 0 Å². The molecule has 0 bridgehead atoms. The number of hydrogen-bond donors (Lipinski definition) is 0. The van der Waals surface area contributed by atoms with E-state index in [0.717, 1.165) is 44.2 Å². The van der Waals surface area contributed by atoms with E-state index in [1.165, 1.54) is 0 Å². The van der Waals surface area contributed by atoms with Crippen molar-refractivity contribution in [2.45, 2.75) is 58.0 Å². The molecule has 6 nitrogen and oxygen atoms in total. The van der Waals surface area contributed by atoms with Crippen molar-refractivity contribution in [1.29, 1.82) is 0 Å². The third-order valence-electron chi connectivity index (χ3n) is 5.25. The topological polar surface area (TPSA) is 55.4 Å². The lowest BCUT2D eigenvalue weighted by atomic mass is 9.79. The fraction of sp³-hybridized carbons (Fsp3) is 1.00. The Labute approximate surface area is 150 Å². The summed E-state index contributed by atoms with van der Waals surface area (Å²) in [5, 5.41) is 0. The zero-order chi connectivity index (χ0) is 18.7. The molecule has 0 aromatic heterocycles. The molecule has 0 rings (SSSR count). The maximum atomic E-state index is 5.50. The lowest BCUT2D eigenvalue weighted by Gasteiger charge is -2.32. The second-order valence-electron chi connectivity index (χ2n) is 6.46. The largest absolute Gasteiger partial charge is 0.500 e. The summed E-state index contributed by atoms with van der Waals surface area (Å²) in [6.07, 6.45) is 5.45. The lowest BCUT2D eigenvalue weighted by Crippen LogP contribution is -2.43. The average Bonchev–Trinajstić information content (AvgIpc) is 2.63. The van der Waals surface area contributed by atoms with E-state index in [0.29, 0.717) is 0 Å². The van der Waals surface area contributed by atoms with Crippen molar-refractivity contribution >= 4 is 17.6 Å². The fourth-order valence-electron chi connectivity index (χ4n) is 3.05. The van der Waals surface area contributed by atoms with E-state index in [2.05, 4.69) is 13.8 Å². The Bertz CT molecular complexity index is 279. The summed E-state index contributed by atoms with van der Waals surface area (Å²) in [6.45, 7) is 4.60. The molecule has 0 spiro atoms. The van der Waals surface area contributed by atoms with Gasteiger partial charge in [0, 0.05) is 54.7 Å². The van der Waals surface area contributed by atoms with Crippen LogP contribution in [-0.4, -0.2) is 60.3 Å². The fourth-order valence-corrected chi connectivity index (χ4v) is 6.50. The van der Waals surface area contributed by atoms with Gasteiger partial charge >= 0.3 is 17.6 Å². The maximum Gasteiger partial charge on any atom is 0.500 e. The monoisotopic (exact) mass is 382 g/mol. The average molecular weight is 383 g/mol. The van der Waals surface area contributed by atoms with Gasteiger partial charge in [-0.1, -0.05) is 20.3 Å². The maximum absolute atomic E-state index is 5.50. The van der Waals surface area contributed by atoms with Crippen LogP contribution in [-0.2, 0) is 26.6 Å². The van der Waals surface area contributed by atoms with Crippen molar-refractivity contribution in [2.75, 3.05) is 42.7 Å². The quantitative estimate of drug-likeness (QED) is 0.402. The molecule has 24 heavy (non-hydrogen) atoms. The zero-order valence-corrected chi connectivity index (χ0v) is 18.9. The number of rotatable bonds is 15. The Balaban J connectivity index is 4.49. The molecular weight excluding hydrogens is 344 g/mol. The van der Waals surface area contributed by atoms with Gasteiger partial charge in [-0.15, -0.1) is 0 Å². The molecule has 0 aromatic carbocycles. The van der Waals surface area contributed by atoms with Crippen molar-refractivity contribution in [3.63, 3.8) is 0 Å². The van der Waals surface area contributed by atoms with E-state index in [1.807, 2.05) is 0 Å². The minimum Gasteiger partial charge on any atom is -0.377 e. The van der Waals surface area contributed by atoms with Gasteiger partial charge in [0.25, 0.3) is 0 Å². The third-order valence-corrected chi connectivity index (χ3v) is 10.9. The van der Waals surface area contributed by atoms with Gasteiger partial charge < -0.3 is 26.6 Å². The van der Waals surface area contributed by atoms with Gasteiger partial charge in [0.05, 0.1) is 0 Å². The lowest BCUT2D eigenvalue weighted by molar-refractivity contribution is 0.118. The van der Waals surface area contributed by atoms with E-state index >= 15 is 0 Å². The van der Waals surface area contributed by atoms with Crippen LogP contribution in [0.5, 0.6) is 0 Å². The van der Waals surface area contributed by atoms with E-state index in [9.17, 15) is 0 Å². The zero-order valence-electron chi connectivity index (χ0n) is 16.9. The van der Waals surface area contributed by atoms with E-state index in [-0.39, 0.29) is 5.41 Å². The van der Waals surface area contributed by atoms with Gasteiger partial charge in [-0.3, -0.25) is 0 Å². The molecule has 0 aliphatic heterocycles. The Kier molecular flexibility index (Phi) is 11.8. The summed E-state index contributed by atoms with van der Waals surface area (Å²) < 4.78 is 33.0. The smallest absolute Gasteiger partial charge is 0.377 e. The van der Waals surface area contributed by atoms with E-state index in [4.69, 9.17) is 26.6 Å². The second-order valence-corrected chi connectivity index (χ2v) is 12.6. The van der Waals surface area contributed by atoms with Crippen LogP contribution in [0.2, 0.25) is 12.1 Å². The van der Waals surface area contributed by atoms with Crippen molar-refractivity contribution < 1.29 is 26.6 Å². The highest BCUT2D eigenvalue weighted by molar-refractivity contribution is 6.60. The molecule has 0 atom stereocenters. The first-order valence-electron chi connectivity index (χ1n) is 8.65. The third kappa shape index (κ3) is 7.21. The molecule has 0 aromatic rings. The van der Waals surface area contributed by atoms with Crippen LogP contribution in [0.4, 0.5) is 0 Å². The van der Waals surface area contributed by atoms with Crippen LogP contribution >= 0.6 is 0 Å². The highest BCUT2D eigenvalue weighted by Crippen LogP contribution is 2.36. The van der Waals surface area contributed by atoms with E-state index in [1.54, 1.807) is 42.7 Å². The van der Waals surface area contributed by atoms with Gasteiger partial charge in [0.15, 0.2) is 0 Å². The molecule has 0 saturated heterocycles. The van der Waals surface area contributed by atoms with Crippen molar-refractivity contribution in [2.24, 2.45) is 5.41 Å². The predicted octanol–water partition coefficient (Wildman–Crippen LogP) is 3.72. The molecule has 0 amide bonds. The highest BCUT2D eigenvalue weighted by atomic mass is 28.4. The molecule has 0 radical (unpaired) electrons. The molecular formula is C16H38O6Si2. The summed E-state index contributed by atoms with van der Waals surface area (Å²) in [6, 6.07) is 1.69. The SMILES string of the molecule is CCC(C)(CCC[Si](OC)(OC)OC)CCC[Si](OC)(OC)OC. The summed E-state index contributed by atoms with van der Waals surface area (Å²) >= 11 is 0. The first-order chi connectivity index (χ1) is 11.3. The molecule has 0 aliphatic rings. The van der Waals surface area contributed by atoms with Crippen molar-refractivity contribution in [1.82, 2.24) is 0 Å². The minimum atomic E-state index is -2.46. The van der Waals surface area contributed by atoms with Gasteiger partial charge in [0.1, 0.15) is 0 Å². The van der Waals surface area contributed by atoms with Crippen LogP contribution < -0.4 is 0 Å². The molecule has 0 unspecified atom stereocenters. The minimum absolute atomic E-state index is 0.282. The molecule has 0 N–H and O–H groups in total. The van der Waals surface area contributed by atoms with Crippen LogP contribution in [0.25, 0.3) is 0 Å². The summed E-state index contributed by atoms with van der Waals surface area (Å²) in [5.41, 5.74) is 0.282. The summed E-state index contributed by atoms with van der Waals surface area (Å²) in [7, 11) is 5.09. The van der Waals surface area contributed by atoms with Crippen LogP contribution in [0, 0.1) is 5.41 Å². The summed E-state index contributed by atoms with van der Waals surface area (Å²) in [4.78, 5) is 0. The standard InChI is InChI=1S/C16H38O6Si2/c1-9-16(2,12-10-14-23(17-3,18-4)19-5)13-11-15-24(20-6,21-7)22-8/h9-15H2,1-8H3. The van der Waals surface area contributed by atoms with Gasteiger partial charge in [-0.05, 0) is 31.1 Å². The molecule has 0 fully saturated rings. The van der Waals surface area contributed by atoms with Gasteiger partial charge in [0.2, 0.25) is 0 Å². The molecule has 146 valence electrons. The Morgan fingerprint density at radius 2 is 0.917 bits per heavy atom. The van der Waals surface area contributed by atoms with Crippen LogP contribution in [0.15, 0.2) is 0 Å². The Hall–Kier alpha value is 0.194. The van der Waals surface area contributed by atoms with Gasteiger partial charge in [-0.25, -0.2) is 0 Å². The van der Waals surface area contributed by atoms with Crippen molar-refractivity contribution in [3.05, 3.63) is 0 Å². The van der Waals surface area contributed by atoms with E-state index < -0.39 is 17.6 Å². The molecule has 8 heteroatoms. The second kappa shape index (κ2) is 11.7. The molecule has 0 aliphatic carbocycles. The van der Waals surface area contributed by atoms with Crippen LogP contribution in [0.1, 0.15) is 46.0 Å². The summed E-state index contributed by atoms with van der Waals surface area (Å²) in [5.74, 6) is 0. The first-order valence-corrected chi connectivity index (χ1v) is 12.5. The normalized spacial score (nSPS) is 13.5. The first kappa shape index (κ1) is 24.2. The Morgan fingerprint density at radius 1 is 0.625 bits per heavy atom. The number of hydrogen-bond acceptors (Lipinski definition) is 6. The van der Waals surface area contributed by atoms with Crippen LogP contribution in [0.3, 0.4) is 0 Å². The molecule has 0 heterocycles. The Morgan fingerprint density at radius 3 is 1.12 bits per heavy atom. The highest BCUT2D eigenvalue weighted by Gasteiger charge is 2.39. The molecule has 0 saturated carbocycles.